The first-order valence-corrected chi connectivity index (χ1v) is 12.4. The van der Waals surface area contributed by atoms with Crippen molar-refractivity contribution in [3.05, 3.63) is 65.3 Å². The number of ether oxygens (including phenoxy) is 1. The number of aliphatic hydroxyl groups is 1. The fourth-order valence-electron chi connectivity index (χ4n) is 4.43. The number of nitrogens with zero attached hydrogens (tertiary/aromatic N) is 4. The van der Waals surface area contributed by atoms with Crippen LogP contribution in [-0.4, -0.2) is 62.6 Å². The van der Waals surface area contributed by atoms with E-state index in [9.17, 15) is 9.90 Å². The van der Waals surface area contributed by atoms with E-state index in [0.717, 1.165) is 49.6 Å². The highest BCUT2D eigenvalue weighted by Gasteiger charge is 2.21. The highest BCUT2D eigenvalue weighted by molar-refractivity contribution is 5.92. The van der Waals surface area contributed by atoms with Crippen molar-refractivity contribution in [2.75, 3.05) is 25.0 Å². The van der Waals surface area contributed by atoms with Gasteiger partial charge in [-0.15, -0.1) is 0 Å². The molecule has 1 amide bonds. The SMILES string of the molecule is Cc1ncoc1COc1ccc2c(c1)CCN(CC(O)CNC(=O)c1cc(NC3CCC3)ncn1)C2. The van der Waals surface area contributed by atoms with Crippen molar-refractivity contribution >= 4 is 11.7 Å². The Morgan fingerprint density at radius 2 is 2.14 bits per heavy atom. The summed E-state index contributed by atoms with van der Waals surface area (Å²) in [6, 6.07) is 8.19. The van der Waals surface area contributed by atoms with E-state index in [4.69, 9.17) is 9.15 Å². The van der Waals surface area contributed by atoms with Gasteiger partial charge in [0.2, 0.25) is 0 Å². The molecular formula is C26H32N6O4. The standard InChI is InChI=1S/C26H32N6O4/c1-17-24(36-16-30-17)14-35-22-6-5-19-12-32(8-7-18(19)9-22)13-21(33)11-27-26(34)23-10-25(29-15-28-23)31-20-3-2-4-20/h5-6,9-10,15-16,20-21,33H,2-4,7-8,11-14H2,1H3,(H,27,34)(H,28,29,31). The van der Waals surface area contributed by atoms with Crippen LogP contribution in [0.15, 0.2) is 41.4 Å². The van der Waals surface area contributed by atoms with Crippen LogP contribution in [0.1, 0.15) is 52.3 Å². The van der Waals surface area contributed by atoms with Crippen LogP contribution in [0.3, 0.4) is 0 Å². The van der Waals surface area contributed by atoms with Crippen molar-refractivity contribution in [3.8, 4) is 5.75 Å². The fourth-order valence-corrected chi connectivity index (χ4v) is 4.43. The molecule has 1 unspecified atom stereocenters. The van der Waals surface area contributed by atoms with E-state index >= 15 is 0 Å². The monoisotopic (exact) mass is 492 g/mol. The molecule has 190 valence electrons. The number of fused-ring (bicyclic) bond motifs is 1. The number of benzene rings is 1. The molecular weight excluding hydrogens is 460 g/mol. The molecule has 10 nitrogen and oxygen atoms in total. The lowest BCUT2D eigenvalue weighted by Gasteiger charge is -2.30. The van der Waals surface area contributed by atoms with Gasteiger partial charge in [-0.1, -0.05) is 6.07 Å². The Balaban J connectivity index is 1.07. The molecule has 0 spiro atoms. The second kappa shape index (κ2) is 11.0. The van der Waals surface area contributed by atoms with Crippen LogP contribution in [0, 0.1) is 6.92 Å². The quantitative estimate of drug-likeness (QED) is 0.391. The predicted molar refractivity (Wildman–Crippen MR) is 133 cm³/mol. The van der Waals surface area contributed by atoms with Gasteiger partial charge in [0.15, 0.2) is 12.2 Å². The van der Waals surface area contributed by atoms with E-state index in [-0.39, 0.29) is 12.5 Å². The number of aryl methyl sites for hydroxylation is 1. The molecule has 2 aromatic heterocycles. The molecule has 1 fully saturated rings. The number of rotatable bonds is 10. The third kappa shape index (κ3) is 6.00. The lowest BCUT2D eigenvalue weighted by Crippen LogP contribution is -2.42. The molecule has 1 atom stereocenters. The Hall–Kier alpha value is -3.50. The summed E-state index contributed by atoms with van der Waals surface area (Å²) in [4.78, 5) is 27.1. The predicted octanol–water partition coefficient (Wildman–Crippen LogP) is 2.47. The number of aromatic nitrogens is 3. The molecule has 0 radical (unpaired) electrons. The minimum atomic E-state index is -0.683. The molecule has 2 aliphatic rings. The summed E-state index contributed by atoms with van der Waals surface area (Å²) < 4.78 is 11.2. The topological polar surface area (TPSA) is 126 Å². The average Bonchev–Trinajstić information content (AvgIpc) is 3.28. The van der Waals surface area contributed by atoms with Crippen LogP contribution in [0.5, 0.6) is 5.75 Å². The Labute approximate surface area is 210 Å². The second-order valence-electron chi connectivity index (χ2n) is 9.49. The third-order valence-corrected chi connectivity index (χ3v) is 6.81. The first kappa shape index (κ1) is 24.2. The Bertz CT molecular complexity index is 1190. The normalized spacial score (nSPS) is 16.6. The molecule has 1 aromatic carbocycles. The largest absolute Gasteiger partial charge is 0.486 e. The molecule has 5 rings (SSSR count). The maximum atomic E-state index is 12.5. The van der Waals surface area contributed by atoms with Crippen LogP contribution in [0.25, 0.3) is 0 Å². The van der Waals surface area contributed by atoms with E-state index in [2.05, 4.69) is 42.6 Å². The van der Waals surface area contributed by atoms with Gasteiger partial charge in [0, 0.05) is 38.3 Å². The van der Waals surface area contributed by atoms with Gasteiger partial charge >= 0.3 is 0 Å². The summed E-state index contributed by atoms with van der Waals surface area (Å²) in [6.45, 7) is 4.44. The first-order valence-electron chi connectivity index (χ1n) is 12.4. The van der Waals surface area contributed by atoms with Crippen LogP contribution in [0.2, 0.25) is 0 Å². The molecule has 1 aliphatic heterocycles. The maximum absolute atomic E-state index is 12.5. The first-order chi connectivity index (χ1) is 17.5. The summed E-state index contributed by atoms with van der Waals surface area (Å²) in [6.07, 6.45) is 6.46. The van der Waals surface area contributed by atoms with Gasteiger partial charge < -0.3 is 24.9 Å². The number of carbonyl (C=O) groups is 1. The lowest BCUT2D eigenvalue weighted by atomic mass is 9.93. The molecule has 10 heteroatoms. The Morgan fingerprint density at radius 3 is 2.92 bits per heavy atom. The van der Waals surface area contributed by atoms with Crippen molar-refractivity contribution < 1.29 is 19.1 Å². The van der Waals surface area contributed by atoms with Gasteiger partial charge in [0.25, 0.3) is 5.91 Å². The zero-order chi connectivity index (χ0) is 24.9. The lowest BCUT2D eigenvalue weighted by molar-refractivity contribution is 0.0838. The van der Waals surface area contributed by atoms with Gasteiger partial charge in [-0.05, 0) is 55.9 Å². The summed E-state index contributed by atoms with van der Waals surface area (Å²) in [7, 11) is 0. The highest BCUT2D eigenvalue weighted by Crippen LogP contribution is 2.25. The maximum Gasteiger partial charge on any atom is 0.270 e. The van der Waals surface area contributed by atoms with Crippen molar-refractivity contribution in [2.45, 2.75) is 57.9 Å². The van der Waals surface area contributed by atoms with Gasteiger partial charge in [-0.3, -0.25) is 9.69 Å². The number of hydrogen-bond donors (Lipinski definition) is 3. The minimum Gasteiger partial charge on any atom is -0.486 e. The highest BCUT2D eigenvalue weighted by atomic mass is 16.5. The molecule has 3 aromatic rings. The van der Waals surface area contributed by atoms with Crippen LogP contribution in [0.4, 0.5) is 5.82 Å². The van der Waals surface area contributed by atoms with Crippen LogP contribution >= 0.6 is 0 Å². The van der Waals surface area contributed by atoms with Gasteiger partial charge in [0.1, 0.15) is 30.2 Å². The summed E-state index contributed by atoms with van der Waals surface area (Å²) >= 11 is 0. The van der Waals surface area contributed by atoms with E-state index in [1.54, 1.807) is 6.07 Å². The van der Waals surface area contributed by atoms with Crippen molar-refractivity contribution in [1.29, 1.82) is 0 Å². The van der Waals surface area contributed by atoms with E-state index < -0.39 is 6.10 Å². The number of β-amino-alcohol motifs (C(OH)–C–C–N with tert-alkyl or cyclic N) is 1. The summed E-state index contributed by atoms with van der Waals surface area (Å²) in [5.74, 6) is 1.88. The summed E-state index contributed by atoms with van der Waals surface area (Å²) in [5, 5.41) is 16.7. The van der Waals surface area contributed by atoms with Gasteiger partial charge in [-0.2, -0.15) is 0 Å². The number of oxazole rings is 1. The van der Waals surface area contributed by atoms with Crippen LogP contribution < -0.4 is 15.4 Å². The third-order valence-electron chi connectivity index (χ3n) is 6.81. The van der Waals surface area contributed by atoms with Crippen LogP contribution in [-0.2, 0) is 19.6 Å². The number of amides is 1. The number of nitrogens with one attached hydrogen (secondary N) is 2. The number of anilines is 1. The second-order valence-corrected chi connectivity index (χ2v) is 9.49. The smallest absolute Gasteiger partial charge is 0.270 e. The molecule has 36 heavy (non-hydrogen) atoms. The van der Waals surface area contributed by atoms with E-state index in [1.807, 2.05) is 13.0 Å². The summed E-state index contributed by atoms with van der Waals surface area (Å²) in [5.41, 5.74) is 3.59. The number of carbonyl (C=O) groups excluding carboxylic acids is 1. The van der Waals surface area contributed by atoms with Crippen molar-refractivity contribution in [2.24, 2.45) is 0 Å². The molecule has 0 saturated heterocycles. The Kier molecular flexibility index (Phi) is 7.43. The fraction of sp³-hybridized carbons (Fsp3) is 0.462. The van der Waals surface area contributed by atoms with Gasteiger partial charge in [0.05, 0.1) is 11.8 Å². The molecule has 1 aliphatic carbocycles. The van der Waals surface area contributed by atoms with E-state index in [1.165, 1.54) is 30.3 Å². The minimum absolute atomic E-state index is 0.158. The molecule has 3 heterocycles. The average molecular weight is 493 g/mol. The Morgan fingerprint density at radius 1 is 1.25 bits per heavy atom. The number of aliphatic hydroxyl groups excluding tert-OH is 1. The number of hydrogen-bond acceptors (Lipinski definition) is 9. The van der Waals surface area contributed by atoms with Crippen molar-refractivity contribution in [1.82, 2.24) is 25.2 Å². The molecule has 1 saturated carbocycles. The van der Waals surface area contributed by atoms with Crippen molar-refractivity contribution in [3.63, 3.8) is 0 Å². The zero-order valence-corrected chi connectivity index (χ0v) is 20.4. The van der Waals surface area contributed by atoms with E-state index in [0.29, 0.717) is 30.7 Å². The molecule has 3 N–H and O–H groups in total. The zero-order valence-electron chi connectivity index (χ0n) is 20.4. The molecule has 0 bridgehead atoms. The van der Waals surface area contributed by atoms with Gasteiger partial charge in [-0.25, -0.2) is 15.0 Å².